The van der Waals surface area contributed by atoms with E-state index < -0.39 is 0 Å². The Morgan fingerprint density at radius 2 is 1.84 bits per heavy atom. The van der Waals surface area contributed by atoms with Gasteiger partial charge in [-0.2, -0.15) is 0 Å². The lowest BCUT2D eigenvalue weighted by molar-refractivity contribution is 0.173. The molecule has 1 aromatic carbocycles. The van der Waals surface area contributed by atoms with Crippen LogP contribution >= 0.6 is 0 Å². The van der Waals surface area contributed by atoms with Crippen LogP contribution in [0.1, 0.15) is 37.9 Å². The van der Waals surface area contributed by atoms with E-state index in [1.165, 1.54) is 31.6 Å². The van der Waals surface area contributed by atoms with Crippen LogP contribution in [0.2, 0.25) is 0 Å². The van der Waals surface area contributed by atoms with Crippen molar-refractivity contribution >= 4 is 5.69 Å². The summed E-state index contributed by atoms with van der Waals surface area (Å²) in [7, 11) is 0. The molecule has 1 aromatic rings. The van der Waals surface area contributed by atoms with Crippen LogP contribution in [0.5, 0.6) is 0 Å². The van der Waals surface area contributed by atoms with E-state index in [1.54, 1.807) is 0 Å². The van der Waals surface area contributed by atoms with Crippen molar-refractivity contribution in [2.75, 3.05) is 31.1 Å². The first-order chi connectivity index (χ1) is 9.29. The fraction of sp³-hybridized carbons (Fsp3) is 0.625. The molecule has 0 bridgehead atoms. The molecule has 2 aliphatic rings. The molecule has 104 valence electrons. The molecule has 0 spiro atoms. The third kappa shape index (κ3) is 2.77. The zero-order chi connectivity index (χ0) is 13.2. The molecule has 1 atom stereocenters. The van der Waals surface area contributed by atoms with Crippen LogP contribution < -0.4 is 4.90 Å². The molecule has 1 saturated heterocycles. The molecule has 1 heterocycles. The fourth-order valence-corrected chi connectivity index (χ4v) is 3.04. The highest BCUT2D eigenvalue weighted by molar-refractivity contribution is 5.55. The van der Waals surface area contributed by atoms with Gasteiger partial charge in [0, 0.05) is 43.5 Å². The summed E-state index contributed by atoms with van der Waals surface area (Å²) < 4.78 is 0. The normalized spacial score (nSPS) is 22.5. The molecule has 0 radical (unpaired) electrons. The van der Waals surface area contributed by atoms with E-state index in [0.717, 1.165) is 31.1 Å². The average Bonchev–Trinajstić information content (AvgIpc) is 3.31. The van der Waals surface area contributed by atoms with Gasteiger partial charge in [-0.15, -0.1) is 0 Å². The van der Waals surface area contributed by atoms with E-state index in [2.05, 4.69) is 28.0 Å². The van der Waals surface area contributed by atoms with Crippen LogP contribution in [0.15, 0.2) is 24.3 Å². The Hall–Kier alpha value is -1.06. The van der Waals surface area contributed by atoms with Crippen LogP contribution in [0.25, 0.3) is 0 Å². The fourth-order valence-electron chi connectivity index (χ4n) is 3.04. The Labute approximate surface area is 115 Å². The third-order valence-corrected chi connectivity index (χ3v) is 4.40. The van der Waals surface area contributed by atoms with Gasteiger partial charge in [0.05, 0.1) is 6.10 Å². The molecule has 0 aromatic heterocycles. The van der Waals surface area contributed by atoms with Gasteiger partial charge in [-0.1, -0.05) is 25.1 Å². The monoisotopic (exact) mass is 260 g/mol. The zero-order valence-electron chi connectivity index (χ0n) is 11.8. The van der Waals surface area contributed by atoms with Gasteiger partial charge in [0.1, 0.15) is 0 Å². The van der Waals surface area contributed by atoms with Crippen LogP contribution in [-0.2, 0) is 0 Å². The lowest BCUT2D eigenvalue weighted by Crippen LogP contribution is -2.47. The van der Waals surface area contributed by atoms with Crippen molar-refractivity contribution < 1.29 is 5.11 Å². The molecule has 1 aliphatic carbocycles. The molecular weight excluding hydrogens is 236 g/mol. The van der Waals surface area contributed by atoms with E-state index >= 15 is 0 Å². The van der Waals surface area contributed by atoms with Crippen LogP contribution in [0.4, 0.5) is 5.69 Å². The van der Waals surface area contributed by atoms with Crippen molar-refractivity contribution in [3.8, 4) is 0 Å². The summed E-state index contributed by atoms with van der Waals surface area (Å²) in [5.41, 5.74) is 2.32. The van der Waals surface area contributed by atoms with Gasteiger partial charge in [0.15, 0.2) is 0 Å². The first kappa shape index (κ1) is 12.9. The molecule has 19 heavy (non-hydrogen) atoms. The number of rotatable bonds is 4. The highest BCUT2D eigenvalue weighted by Crippen LogP contribution is 2.31. The minimum atomic E-state index is -0.335. The number of hydrogen-bond acceptors (Lipinski definition) is 3. The van der Waals surface area contributed by atoms with Gasteiger partial charge in [-0.05, 0) is 25.3 Å². The van der Waals surface area contributed by atoms with Gasteiger partial charge in [0.25, 0.3) is 0 Å². The average molecular weight is 260 g/mol. The molecule has 1 aliphatic heterocycles. The van der Waals surface area contributed by atoms with E-state index in [1.807, 2.05) is 13.0 Å². The first-order valence-corrected chi connectivity index (χ1v) is 7.55. The minimum Gasteiger partial charge on any atom is -0.388 e. The molecule has 1 unspecified atom stereocenters. The maximum absolute atomic E-state index is 10.2. The Balaban J connectivity index is 1.71. The van der Waals surface area contributed by atoms with E-state index in [9.17, 15) is 5.11 Å². The first-order valence-electron chi connectivity index (χ1n) is 7.55. The van der Waals surface area contributed by atoms with Crippen LogP contribution in [0, 0.1) is 0 Å². The third-order valence-electron chi connectivity index (χ3n) is 4.40. The number of para-hydroxylation sites is 1. The quantitative estimate of drug-likeness (QED) is 0.900. The standard InChI is InChI=1S/C16H24N2O/c1-2-16(19)14-5-3-4-6-15(14)18-11-9-17(10-12-18)13-7-8-13/h3-6,13,16,19H,2,7-12H2,1H3. The van der Waals surface area contributed by atoms with Gasteiger partial charge in [-0.25, -0.2) is 0 Å². The zero-order valence-corrected chi connectivity index (χ0v) is 11.8. The molecule has 3 rings (SSSR count). The lowest BCUT2D eigenvalue weighted by atomic mass is 10.0. The summed E-state index contributed by atoms with van der Waals surface area (Å²) in [6.45, 7) is 6.54. The van der Waals surface area contributed by atoms with Crippen molar-refractivity contribution in [1.29, 1.82) is 0 Å². The topological polar surface area (TPSA) is 26.7 Å². The van der Waals surface area contributed by atoms with E-state index in [4.69, 9.17) is 0 Å². The molecular formula is C16H24N2O. The number of nitrogens with zero attached hydrogens (tertiary/aromatic N) is 2. The molecule has 0 amide bonds. The predicted molar refractivity (Wildman–Crippen MR) is 78.5 cm³/mol. The van der Waals surface area contributed by atoms with Crippen molar-refractivity contribution in [3.63, 3.8) is 0 Å². The lowest BCUT2D eigenvalue weighted by Gasteiger charge is -2.37. The maximum Gasteiger partial charge on any atom is 0.0807 e. The Kier molecular flexibility index (Phi) is 3.76. The summed E-state index contributed by atoms with van der Waals surface area (Å²) in [4.78, 5) is 5.06. The summed E-state index contributed by atoms with van der Waals surface area (Å²) in [5, 5.41) is 10.2. The van der Waals surface area contributed by atoms with Gasteiger partial charge in [0.2, 0.25) is 0 Å². The SMILES string of the molecule is CCC(O)c1ccccc1N1CCN(C2CC2)CC1. The Morgan fingerprint density at radius 1 is 1.16 bits per heavy atom. The summed E-state index contributed by atoms with van der Waals surface area (Å²) in [6.07, 6.45) is 3.23. The highest BCUT2D eigenvalue weighted by Gasteiger charge is 2.31. The number of aliphatic hydroxyl groups is 1. The van der Waals surface area contributed by atoms with E-state index in [-0.39, 0.29) is 6.10 Å². The second-order valence-electron chi connectivity index (χ2n) is 5.74. The summed E-state index contributed by atoms with van der Waals surface area (Å²) in [5.74, 6) is 0. The number of piperazine rings is 1. The second kappa shape index (κ2) is 5.51. The molecule has 1 saturated carbocycles. The Morgan fingerprint density at radius 3 is 2.47 bits per heavy atom. The molecule has 3 heteroatoms. The predicted octanol–water partition coefficient (Wildman–Crippen LogP) is 2.41. The molecule has 2 fully saturated rings. The van der Waals surface area contributed by atoms with Crippen LogP contribution in [0.3, 0.4) is 0 Å². The maximum atomic E-state index is 10.2. The van der Waals surface area contributed by atoms with Crippen molar-refractivity contribution in [2.45, 2.75) is 38.3 Å². The number of anilines is 1. The summed E-state index contributed by atoms with van der Waals surface area (Å²) >= 11 is 0. The Bertz CT molecular complexity index is 423. The number of aliphatic hydroxyl groups excluding tert-OH is 1. The largest absolute Gasteiger partial charge is 0.388 e. The highest BCUT2D eigenvalue weighted by atomic mass is 16.3. The molecule has 1 N–H and O–H groups in total. The van der Waals surface area contributed by atoms with Gasteiger partial charge >= 0.3 is 0 Å². The van der Waals surface area contributed by atoms with Crippen molar-refractivity contribution in [1.82, 2.24) is 4.90 Å². The second-order valence-corrected chi connectivity index (χ2v) is 5.74. The van der Waals surface area contributed by atoms with Gasteiger partial charge < -0.3 is 10.0 Å². The van der Waals surface area contributed by atoms with Gasteiger partial charge in [-0.3, -0.25) is 4.90 Å². The molecule has 3 nitrogen and oxygen atoms in total. The number of hydrogen-bond donors (Lipinski definition) is 1. The van der Waals surface area contributed by atoms with E-state index in [0.29, 0.717) is 0 Å². The van der Waals surface area contributed by atoms with Crippen molar-refractivity contribution in [3.05, 3.63) is 29.8 Å². The van der Waals surface area contributed by atoms with Crippen molar-refractivity contribution in [2.24, 2.45) is 0 Å². The minimum absolute atomic E-state index is 0.335. The summed E-state index contributed by atoms with van der Waals surface area (Å²) in [6, 6.07) is 9.20. The van der Waals surface area contributed by atoms with Crippen LogP contribution in [-0.4, -0.2) is 42.2 Å². The smallest absolute Gasteiger partial charge is 0.0807 e. The number of benzene rings is 1.